The zero-order chi connectivity index (χ0) is 23.2. The summed E-state index contributed by atoms with van der Waals surface area (Å²) in [5.41, 5.74) is 3.69. The van der Waals surface area contributed by atoms with E-state index in [1.807, 2.05) is 31.2 Å². The summed E-state index contributed by atoms with van der Waals surface area (Å²) < 4.78 is 7.17. The van der Waals surface area contributed by atoms with Crippen molar-refractivity contribution in [2.75, 3.05) is 17.2 Å². The van der Waals surface area contributed by atoms with Crippen LogP contribution in [-0.4, -0.2) is 27.5 Å². The molecule has 0 radical (unpaired) electrons. The van der Waals surface area contributed by atoms with Crippen LogP contribution in [0.2, 0.25) is 5.02 Å². The molecule has 0 unspecified atom stereocenters. The molecule has 2 heterocycles. The van der Waals surface area contributed by atoms with Crippen LogP contribution in [0.1, 0.15) is 59.0 Å². The monoisotopic (exact) mass is 502 g/mol. The molecule has 33 heavy (non-hydrogen) atoms. The molecule has 1 aromatic carbocycles. The van der Waals surface area contributed by atoms with Crippen LogP contribution in [-0.2, 0) is 24.1 Å². The number of nitrogens with zero attached hydrogens (tertiary/aromatic N) is 2. The number of nitrogens with one attached hydrogen (secondary N) is 2. The molecule has 2 N–H and O–H groups in total. The second-order valence-electron chi connectivity index (χ2n) is 7.98. The Hall–Kier alpha value is -2.42. The van der Waals surface area contributed by atoms with Gasteiger partial charge >= 0.3 is 5.97 Å². The van der Waals surface area contributed by atoms with Crippen LogP contribution in [0.3, 0.4) is 0 Å². The number of thiophene rings is 1. The van der Waals surface area contributed by atoms with Gasteiger partial charge in [-0.1, -0.05) is 36.6 Å². The number of carbonyl (C=O) groups excluding carboxylic acids is 1. The molecule has 0 fully saturated rings. The first kappa shape index (κ1) is 23.7. The number of anilines is 2. The summed E-state index contributed by atoms with van der Waals surface area (Å²) in [5, 5.41) is 12.6. The lowest BCUT2D eigenvalue weighted by Gasteiger charge is -2.13. The van der Waals surface area contributed by atoms with E-state index in [4.69, 9.17) is 28.6 Å². The van der Waals surface area contributed by atoms with E-state index >= 15 is 0 Å². The second kappa shape index (κ2) is 11.1. The Kier molecular flexibility index (Phi) is 8.01. The van der Waals surface area contributed by atoms with Crippen molar-refractivity contribution >= 4 is 56.9 Å². The number of halogens is 1. The highest BCUT2D eigenvalue weighted by Gasteiger charge is 2.25. The first-order valence-corrected chi connectivity index (χ1v) is 12.8. The number of esters is 1. The van der Waals surface area contributed by atoms with Crippen molar-refractivity contribution in [1.29, 1.82) is 0 Å². The Morgan fingerprint density at radius 2 is 2.06 bits per heavy atom. The molecule has 0 saturated heterocycles. The number of carbonyl (C=O) groups is 1. The fourth-order valence-electron chi connectivity index (χ4n) is 4.05. The van der Waals surface area contributed by atoms with Crippen LogP contribution in [0.15, 0.2) is 36.7 Å². The number of benzene rings is 1. The maximum Gasteiger partial charge on any atom is 0.341 e. The van der Waals surface area contributed by atoms with Crippen LogP contribution in [0.25, 0.3) is 0 Å². The second-order valence-corrected chi connectivity index (χ2v) is 9.93. The SMILES string of the molecule is CCOC(=O)c1c(NC(=S)Nc2cccc(Cn3cc(Cl)cn3)c2)sc2c1CCCCCC2. The van der Waals surface area contributed by atoms with Gasteiger partial charge in [-0.25, -0.2) is 4.79 Å². The highest BCUT2D eigenvalue weighted by molar-refractivity contribution is 7.80. The summed E-state index contributed by atoms with van der Waals surface area (Å²) in [6, 6.07) is 7.96. The molecule has 0 bridgehead atoms. The average Bonchev–Trinajstić information content (AvgIpc) is 3.31. The standard InChI is InChI=1S/C24H27ClN4O2S2/c1-2-31-23(30)21-19-10-5-3-4-6-11-20(19)33-22(21)28-24(32)27-18-9-7-8-16(12-18)14-29-15-17(25)13-26-29/h7-9,12-13,15H,2-6,10-11,14H2,1H3,(H2,27,28,32). The molecule has 9 heteroatoms. The fourth-order valence-corrected chi connectivity index (χ4v) is 5.77. The van der Waals surface area contributed by atoms with Gasteiger partial charge in [0.2, 0.25) is 0 Å². The van der Waals surface area contributed by atoms with E-state index in [0.29, 0.717) is 28.9 Å². The summed E-state index contributed by atoms with van der Waals surface area (Å²) in [4.78, 5) is 14.1. The smallest absolute Gasteiger partial charge is 0.341 e. The largest absolute Gasteiger partial charge is 0.462 e. The number of fused-ring (bicyclic) bond motifs is 1. The Morgan fingerprint density at radius 1 is 1.24 bits per heavy atom. The normalized spacial score (nSPS) is 13.5. The van der Waals surface area contributed by atoms with E-state index in [0.717, 1.165) is 47.5 Å². The number of ether oxygens (including phenoxy) is 1. The molecular weight excluding hydrogens is 476 g/mol. The predicted octanol–water partition coefficient (Wildman–Crippen LogP) is 6.29. The number of aryl methyl sites for hydroxylation is 1. The van der Waals surface area contributed by atoms with Gasteiger partial charge in [0.25, 0.3) is 0 Å². The third-order valence-corrected chi connectivity index (χ3v) is 7.12. The molecule has 0 atom stereocenters. The first-order valence-electron chi connectivity index (χ1n) is 11.2. The number of rotatable bonds is 6. The van der Waals surface area contributed by atoms with E-state index in [1.165, 1.54) is 17.7 Å². The van der Waals surface area contributed by atoms with Crippen molar-refractivity contribution in [2.24, 2.45) is 0 Å². The number of aromatic nitrogens is 2. The molecule has 174 valence electrons. The van der Waals surface area contributed by atoms with Gasteiger partial charge in [0.05, 0.1) is 29.9 Å². The van der Waals surface area contributed by atoms with Gasteiger partial charge in [-0.05, 0) is 68.1 Å². The minimum Gasteiger partial charge on any atom is -0.462 e. The Morgan fingerprint density at radius 3 is 2.82 bits per heavy atom. The van der Waals surface area contributed by atoms with Crippen molar-refractivity contribution in [3.8, 4) is 0 Å². The number of hydrogen-bond acceptors (Lipinski definition) is 5. The third-order valence-electron chi connectivity index (χ3n) is 5.51. The molecular formula is C24H27ClN4O2S2. The zero-order valence-electron chi connectivity index (χ0n) is 18.5. The lowest BCUT2D eigenvalue weighted by Crippen LogP contribution is -2.20. The van der Waals surface area contributed by atoms with Crippen LogP contribution < -0.4 is 10.6 Å². The first-order chi connectivity index (χ1) is 16.0. The van der Waals surface area contributed by atoms with Crippen molar-refractivity contribution < 1.29 is 9.53 Å². The van der Waals surface area contributed by atoms with Crippen molar-refractivity contribution in [2.45, 2.75) is 52.0 Å². The molecule has 1 aliphatic carbocycles. The number of hydrogen-bond donors (Lipinski definition) is 2. The van der Waals surface area contributed by atoms with Crippen LogP contribution in [0, 0.1) is 0 Å². The van der Waals surface area contributed by atoms with Gasteiger partial charge in [0, 0.05) is 16.8 Å². The maximum atomic E-state index is 12.8. The summed E-state index contributed by atoms with van der Waals surface area (Å²) in [5.74, 6) is -0.277. The zero-order valence-corrected chi connectivity index (χ0v) is 20.9. The van der Waals surface area contributed by atoms with E-state index in [2.05, 4.69) is 15.7 Å². The lowest BCUT2D eigenvalue weighted by atomic mass is 9.96. The van der Waals surface area contributed by atoms with Gasteiger partial charge in [-0.3, -0.25) is 4.68 Å². The Labute approximate surface area is 208 Å². The topological polar surface area (TPSA) is 68.2 Å². The molecule has 4 rings (SSSR count). The van der Waals surface area contributed by atoms with Gasteiger partial charge in [-0.2, -0.15) is 5.10 Å². The Bertz CT molecular complexity index is 1140. The fraction of sp³-hybridized carbons (Fsp3) is 0.375. The minimum absolute atomic E-state index is 0.277. The molecule has 2 aromatic heterocycles. The molecule has 1 aliphatic rings. The third kappa shape index (κ3) is 6.13. The Balaban J connectivity index is 1.50. The van der Waals surface area contributed by atoms with Crippen molar-refractivity contribution in [3.63, 3.8) is 0 Å². The highest BCUT2D eigenvalue weighted by Crippen LogP contribution is 2.37. The van der Waals surface area contributed by atoms with Gasteiger partial charge < -0.3 is 15.4 Å². The van der Waals surface area contributed by atoms with E-state index in [1.54, 1.807) is 28.4 Å². The molecule has 3 aromatic rings. The van der Waals surface area contributed by atoms with Gasteiger partial charge in [-0.15, -0.1) is 11.3 Å². The van der Waals surface area contributed by atoms with Crippen molar-refractivity contribution in [1.82, 2.24) is 9.78 Å². The van der Waals surface area contributed by atoms with Gasteiger partial charge in [0.15, 0.2) is 5.11 Å². The molecule has 0 saturated carbocycles. The van der Waals surface area contributed by atoms with E-state index in [9.17, 15) is 4.79 Å². The summed E-state index contributed by atoms with van der Waals surface area (Å²) in [6.45, 7) is 2.78. The summed E-state index contributed by atoms with van der Waals surface area (Å²) in [7, 11) is 0. The highest BCUT2D eigenvalue weighted by atomic mass is 35.5. The maximum absolute atomic E-state index is 12.8. The van der Waals surface area contributed by atoms with Crippen molar-refractivity contribution in [3.05, 3.63) is 63.2 Å². The van der Waals surface area contributed by atoms with E-state index < -0.39 is 0 Å². The van der Waals surface area contributed by atoms with E-state index in [-0.39, 0.29) is 5.97 Å². The lowest BCUT2D eigenvalue weighted by molar-refractivity contribution is 0.0526. The molecule has 6 nitrogen and oxygen atoms in total. The van der Waals surface area contributed by atoms with Gasteiger partial charge in [0.1, 0.15) is 5.00 Å². The quantitative estimate of drug-likeness (QED) is 0.305. The number of thiocarbonyl (C=S) groups is 1. The summed E-state index contributed by atoms with van der Waals surface area (Å²) >= 11 is 13.2. The van der Waals surface area contributed by atoms with Crippen LogP contribution in [0.5, 0.6) is 0 Å². The van der Waals surface area contributed by atoms with Crippen LogP contribution in [0.4, 0.5) is 10.7 Å². The average molecular weight is 503 g/mol. The minimum atomic E-state index is -0.277. The molecule has 0 aliphatic heterocycles. The predicted molar refractivity (Wildman–Crippen MR) is 139 cm³/mol. The molecule has 0 amide bonds. The molecule has 0 spiro atoms. The van der Waals surface area contributed by atoms with Crippen LogP contribution >= 0.6 is 35.2 Å². The summed E-state index contributed by atoms with van der Waals surface area (Å²) in [6.07, 6.45) is 9.97.